The molecule has 0 aromatic carbocycles. The van der Waals surface area contributed by atoms with Gasteiger partial charge in [-0.2, -0.15) is 0 Å². The highest BCUT2D eigenvalue weighted by Gasteiger charge is 2.36. The summed E-state index contributed by atoms with van der Waals surface area (Å²) in [4.78, 5) is 0. The highest BCUT2D eigenvalue weighted by molar-refractivity contribution is 4.85. The van der Waals surface area contributed by atoms with Crippen molar-refractivity contribution in [3.63, 3.8) is 0 Å². The molecule has 1 spiro atoms. The second kappa shape index (κ2) is 2.86. The third-order valence-electron chi connectivity index (χ3n) is 2.39. The first-order valence-corrected chi connectivity index (χ1v) is 4.38. The third kappa shape index (κ3) is 1.41. The minimum absolute atomic E-state index is 0.229. The maximum absolute atomic E-state index is 5.67. The fraction of sp³-hybridized carbons (Fsp3) is 0.778. The van der Waals surface area contributed by atoms with Crippen LogP contribution in [0.1, 0.15) is 32.1 Å². The first-order valence-electron chi connectivity index (χ1n) is 4.38. The highest BCUT2D eigenvalue weighted by Crippen LogP contribution is 2.35. The fourth-order valence-corrected chi connectivity index (χ4v) is 1.76. The summed E-state index contributed by atoms with van der Waals surface area (Å²) in [5.74, 6) is -0.229. The van der Waals surface area contributed by atoms with Crippen molar-refractivity contribution in [3.8, 4) is 0 Å². The van der Waals surface area contributed by atoms with Gasteiger partial charge in [-0.15, -0.1) is 0 Å². The first kappa shape index (κ1) is 7.17. The zero-order valence-electron chi connectivity index (χ0n) is 6.71. The van der Waals surface area contributed by atoms with Crippen molar-refractivity contribution in [3.05, 3.63) is 12.3 Å². The lowest BCUT2D eigenvalue weighted by atomic mass is 10.2. The minimum Gasteiger partial charge on any atom is -0.470 e. The van der Waals surface area contributed by atoms with E-state index >= 15 is 0 Å². The molecular weight excluding hydrogens is 140 g/mol. The third-order valence-corrected chi connectivity index (χ3v) is 2.39. The second-order valence-electron chi connectivity index (χ2n) is 3.24. The Morgan fingerprint density at radius 3 is 2.82 bits per heavy atom. The number of rotatable bonds is 0. The molecular formula is C9H14O2. The van der Waals surface area contributed by atoms with Gasteiger partial charge in [-0.1, -0.05) is 0 Å². The molecule has 2 aliphatic rings. The van der Waals surface area contributed by atoms with Crippen molar-refractivity contribution >= 4 is 0 Å². The SMILES string of the molecule is C1=COC2(CCCC2)OCC1. The Labute approximate surface area is 67.2 Å². The quantitative estimate of drug-likeness (QED) is 0.532. The molecule has 2 rings (SSSR count). The van der Waals surface area contributed by atoms with Crippen LogP contribution >= 0.6 is 0 Å². The van der Waals surface area contributed by atoms with Gasteiger partial charge in [0.1, 0.15) is 0 Å². The normalized spacial score (nSPS) is 28.4. The predicted octanol–water partition coefficient (Wildman–Crippen LogP) is 2.21. The van der Waals surface area contributed by atoms with Crippen molar-refractivity contribution in [1.82, 2.24) is 0 Å². The van der Waals surface area contributed by atoms with Crippen molar-refractivity contribution in [2.75, 3.05) is 6.61 Å². The van der Waals surface area contributed by atoms with Crippen LogP contribution in [0, 0.1) is 0 Å². The van der Waals surface area contributed by atoms with Crippen LogP contribution in [0.15, 0.2) is 12.3 Å². The Morgan fingerprint density at radius 2 is 2.00 bits per heavy atom. The Hall–Kier alpha value is -0.500. The lowest BCUT2D eigenvalue weighted by Crippen LogP contribution is -2.30. The summed E-state index contributed by atoms with van der Waals surface area (Å²) in [6.07, 6.45) is 9.45. The largest absolute Gasteiger partial charge is 0.470 e. The molecule has 0 unspecified atom stereocenters. The Bertz CT molecular complexity index is 157. The van der Waals surface area contributed by atoms with Crippen molar-refractivity contribution in [2.24, 2.45) is 0 Å². The second-order valence-corrected chi connectivity index (χ2v) is 3.24. The molecule has 0 amide bonds. The molecule has 2 heteroatoms. The molecule has 1 aliphatic heterocycles. The fourth-order valence-electron chi connectivity index (χ4n) is 1.76. The van der Waals surface area contributed by atoms with E-state index in [9.17, 15) is 0 Å². The molecule has 0 radical (unpaired) electrons. The number of ether oxygens (including phenoxy) is 2. The predicted molar refractivity (Wildman–Crippen MR) is 42.0 cm³/mol. The molecule has 0 bridgehead atoms. The van der Waals surface area contributed by atoms with Crippen LogP contribution in [0.5, 0.6) is 0 Å². The van der Waals surface area contributed by atoms with Crippen LogP contribution in [0.3, 0.4) is 0 Å². The zero-order valence-corrected chi connectivity index (χ0v) is 6.71. The van der Waals surface area contributed by atoms with Gasteiger partial charge in [0, 0.05) is 12.8 Å². The molecule has 1 heterocycles. The lowest BCUT2D eigenvalue weighted by molar-refractivity contribution is -0.196. The maximum atomic E-state index is 5.67. The molecule has 0 N–H and O–H groups in total. The van der Waals surface area contributed by atoms with E-state index in [1.807, 2.05) is 6.08 Å². The van der Waals surface area contributed by atoms with Crippen LogP contribution < -0.4 is 0 Å². The maximum Gasteiger partial charge on any atom is 0.209 e. The van der Waals surface area contributed by atoms with Gasteiger partial charge < -0.3 is 9.47 Å². The van der Waals surface area contributed by atoms with Gasteiger partial charge in [-0.05, 0) is 25.3 Å². The Kier molecular flexibility index (Phi) is 1.86. The van der Waals surface area contributed by atoms with E-state index in [2.05, 4.69) is 0 Å². The standard InChI is InChI=1S/C9H14O2/c1-2-6-9(5-1)10-7-3-4-8-11-9/h3,7H,1-2,4-6,8H2. The molecule has 1 saturated carbocycles. The minimum atomic E-state index is -0.229. The summed E-state index contributed by atoms with van der Waals surface area (Å²) in [6, 6.07) is 0. The van der Waals surface area contributed by atoms with Gasteiger partial charge in [-0.3, -0.25) is 0 Å². The summed E-state index contributed by atoms with van der Waals surface area (Å²) in [5, 5.41) is 0. The van der Waals surface area contributed by atoms with Crippen LogP contribution in [0.25, 0.3) is 0 Å². The molecule has 11 heavy (non-hydrogen) atoms. The molecule has 1 fully saturated rings. The van der Waals surface area contributed by atoms with Crippen LogP contribution in [0.4, 0.5) is 0 Å². The van der Waals surface area contributed by atoms with Crippen molar-refractivity contribution in [1.29, 1.82) is 0 Å². The number of hydrogen-bond donors (Lipinski definition) is 0. The average Bonchev–Trinajstić information content (AvgIpc) is 2.32. The van der Waals surface area contributed by atoms with E-state index in [1.54, 1.807) is 6.26 Å². The summed E-state index contributed by atoms with van der Waals surface area (Å²) in [5.41, 5.74) is 0. The van der Waals surface area contributed by atoms with Gasteiger partial charge >= 0.3 is 0 Å². The Morgan fingerprint density at radius 1 is 1.18 bits per heavy atom. The molecule has 0 aromatic heterocycles. The van der Waals surface area contributed by atoms with E-state index in [-0.39, 0.29) is 5.79 Å². The van der Waals surface area contributed by atoms with Crippen LogP contribution in [-0.2, 0) is 9.47 Å². The van der Waals surface area contributed by atoms with Crippen LogP contribution in [0.2, 0.25) is 0 Å². The lowest BCUT2D eigenvalue weighted by Gasteiger charge is -2.26. The smallest absolute Gasteiger partial charge is 0.209 e. The van der Waals surface area contributed by atoms with E-state index in [4.69, 9.17) is 9.47 Å². The van der Waals surface area contributed by atoms with E-state index < -0.39 is 0 Å². The zero-order chi connectivity index (χ0) is 7.57. The van der Waals surface area contributed by atoms with E-state index in [1.165, 1.54) is 12.8 Å². The van der Waals surface area contributed by atoms with Crippen molar-refractivity contribution < 1.29 is 9.47 Å². The van der Waals surface area contributed by atoms with Gasteiger partial charge in [0.2, 0.25) is 5.79 Å². The molecule has 0 saturated heterocycles. The molecule has 1 aliphatic carbocycles. The highest BCUT2D eigenvalue weighted by atomic mass is 16.7. The summed E-state index contributed by atoms with van der Waals surface area (Å²) >= 11 is 0. The van der Waals surface area contributed by atoms with Crippen LogP contribution in [-0.4, -0.2) is 12.4 Å². The van der Waals surface area contributed by atoms with E-state index in [0.717, 1.165) is 25.9 Å². The summed E-state index contributed by atoms with van der Waals surface area (Å²) < 4.78 is 11.2. The topological polar surface area (TPSA) is 18.5 Å². The molecule has 0 aromatic rings. The summed E-state index contributed by atoms with van der Waals surface area (Å²) in [7, 11) is 0. The first-order chi connectivity index (χ1) is 5.41. The van der Waals surface area contributed by atoms with Gasteiger partial charge in [0.05, 0.1) is 12.9 Å². The van der Waals surface area contributed by atoms with Crippen molar-refractivity contribution in [2.45, 2.75) is 37.9 Å². The summed E-state index contributed by atoms with van der Waals surface area (Å²) in [6.45, 7) is 0.816. The molecule has 0 atom stereocenters. The molecule has 62 valence electrons. The number of hydrogen-bond acceptors (Lipinski definition) is 2. The average molecular weight is 154 g/mol. The Balaban J connectivity index is 2.04. The van der Waals surface area contributed by atoms with Gasteiger partial charge in [0.25, 0.3) is 0 Å². The molecule has 2 nitrogen and oxygen atoms in total. The van der Waals surface area contributed by atoms with E-state index in [0.29, 0.717) is 0 Å². The van der Waals surface area contributed by atoms with Gasteiger partial charge in [0.15, 0.2) is 0 Å². The van der Waals surface area contributed by atoms with Gasteiger partial charge in [-0.25, -0.2) is 0 Å². The monoisotopic (exact) mass is 154 g/mol.